The van der Waals surface area contributed by atoms with E-state index in [4.69, 9.17) is 16.3 Å². The van der Waals surface area contributed by atoms with Crippen LogP contribution in [0.25, 0.3) is 0 Å². The van der Waals surface area contributed by atoms with E-state index in [0.717, 1.165) is 24.2 Å². The van der Waals surface area contributed by atoms with Gasteiger partial charge in [0.2, 0.25) is 11.8 Å². The van der Waals surface area contributed by atoms with Crippen molar-refractivity contribution in [3.05, 3.63) is 41.6 Å². The highest BCUT2D eigenvalue weighted by molar-refractivity contribution is 6.17. The van der Waals surface area contributed by atoms with E-state index in [1.165, 1.54) is 5.56 Å². The van der Waals surface area contributed by atoms with Crippen LogP contribution in [-0.2, 0) is 6.42 Å². The molecule has 0 saturated heterocycles. The third-order valence-electron chi connectivity index (χ3n) is 2.88. The van der Waals surface area contributed by atoms with Crippen molar-refractivity contribution in [3.63, 3.8) is 0 Å². The number of aryl methyl sites for hydroxylation is 2. The van der Waals surface area contributed by atoms with Gasteiger partial charge in [0.15, 0.2) is 0 Å². The van der Waals surface area contributed by atoms with Crippen molar-refractivity contribution in [1.82, 2.24) is 9.97 Å². The first-order valence-electron chi connectivity index (χ1n) is 7.11. The van der Waals surface area contributed by atoms with Gasteiger partial charge < -0.3 is 10.1 Å². The molecule has 0 unspecified atom stereocenters. The van der Waals surface area contributed by atoms with Crippen LogP contribution in [0.2, 0.25) is 0 Å². The summed E-state index contributed by atoms with van der Waals surface area (Å²) >= 11 is 5.73. The number of rotatable bonds is 7. The molecule has 0 aliphatic carbocycles. The number of nitrogens with zero attached hydrogens (tertiary/aromatic N) is 2. The van der Waals surface area contributed by atoms with Crippen LogP contribution in [0.15, 0.2) is 30.3 Å². The molecule has 2 aromatic rings. The van der Waals surface area contributed by atoms with Gasteiger partial charge in [-0.2, -0.15) is 4.98 Å². The van der Waals surface area contributed by atoms with E-state index in [1.54, 1.807) is 0 Å². The lowest BCUT2D eigenvalue weighted by atomic mass is 10.1. The Bertz CT molecular complexity index is 572. The number of aromatic nitrogens is 2. The molecule has 21 heavy (non-hydrogen) atoms. The molecule has 1 aromatic carbocycles. The lowest BCUT2D eigenvalue weighted by Gasteiger charge is -2.09. The lowest BCUT2D eigenvalue weighted by molar-refractivity contribution is 0.305. The smallest absolute Gasteiger partial charge is 0.230 e. The molecule has 0 atom stereocenters. The van der Waals surface area contributed by atoms with Crippen molar-refractivity contribution in [2.75, 3.05) is 17.8 Å². The summed E-state index contributed by atoms with van der Waals surface area (Å²) in [7, 11) is 0. The van der Waals surface area contributed by atoms with Crippen LogP contribution in [-0.4, -0.2) is 22.5 Å². The van der Waals surface area contributed by atoms with E-state index >= 15 is 0 Å². The Balaban J connectivity index is 2.09. The first-order chi connectivity index (χ1) is 10.2. The standard InChI is InChI=1S/C16H20ClN3O/c1-3-10-21-15-11-12(2)18-16(20-15)19-14-6-4-13(5-7-14)8-9-17/h4-7,11H,3,8-10H2,1-2H3,(H,18,19,20). The molecule has 0 saturated carbocycles. The van der Waals surface area contributed by atoms with Gasteiger partial charge in [-0.3, -0.25) is 0 Å². The van der Waals surface area contributed by atoms with Crippen molar-refractivity contribution in [2.45, 2.75) is 26.7 Å². The van der Waals surface area contributed by atoms with Gasteiger partial charge in [-0.1, -0.05) is 19.1 Å². The molecule has 1 heterocycles. The second kappa shape index (κ2) is 7.84. The fourth-order valence-electron chi connectivity index (χ4n) is 1.87. The highest BCUT2D eigenvalue weighted by Crippen LogP contribution is 2.18. The number of hydrogen-bond acceptors (Lipinski definition) is 4. The Morgan fingerprint density at radius 2 is 1.95 bits per heavy atom. The Morgan fingerprint density at radius 3 is 2.62 bits per heavy atom. The molecule has 0 fully saturated rings. The van der Waals surface area contributed by atoms with E-state index in [2.05, 4.69) is 34.3 Å². The summed E-state index contributed by atoms with van der Waals surface area (Å²) in [4.78, 5) is 8.73. The van der Waals surface area contributed by atoms with Crippen molar-refractivity contribution in [1.29, 1.82) is 0 Å². The molecule has 0 aliphatic heterocycles. The van der Waals surface area contributed by atoms with Gasteiger partial charge >= 0.3 is 0 Å². The molecule has 0 aliphatic rings. The van der Waals surface area contributed by atoms with Gasteiger partial charge in [0.05, 0.1) is 6.61 Å². The maximum atomic E-state index is 5.73. The molecule has 1 aromatic heterocycles. The summed E-state index contributed by atoms with van der Waals surface area (Å²) in [6.45, 7) is 4.65. The molecule has 0 spiro atoms. The van der Waals surface area contributed by atoms with Crippen LogP contribution in [0.5, 0.6) is 5.88 Å². The molecule has 4 nitrogen and oxygen atoms in total. The summed E-state index contributed by atoms with van der Waals surface area (Å²) in [6.07, 6.45) is 1.83. The van der Waals surface area contributed by atoms with E-state index in [9.17, 15) is 0 Å². The minimum Gasteiger partial charge on any atom is -0.478 e. The third kappa shape index (κ3) is 4.90. The topological polar surface area (TPSA) is 47.0 Å². The van der Waals surface area contributed by atoms with E-state index in [1.807, 2.05) is 25.1 Å². The van der Waals surface area contributed by atoms with Crippen molar-refractivity contribution in [3.8, 4) is 5.88 Å². The van der Waals surface area contributed by atoms with Crippen LogP contribution in [0.4, 0.5) is 11.6 Å². The average molecular weight is 306 g/mol. The zero-order valence-corrected chi connectivity index (χ0v) is 13.2. The van der Waals surface area contributed by atoms with Gasteiger partial charge in [-0.05, 0) is 37.5 Å². The predicted octanol–water partition coefficient (Wildman–Crippen LogP) is 4.10. The molecule has 112 valence electrons. The second-order valence-corrected chi connectivity index (χ2v) is 5.16. The first kappa shape index (κ1) is 15.6. The maximum Gasteiger partial charge on any atom is 0.230 e. The summed E-state index contributed by atoms with van der Waals surface area (Å²) < 4.78 is 5.56. The number of ether oxygens (including phenoxy) is 1. The van der Waals surface area contributed by atoms with Gasteiger partial charge in [0.25, 0.3) is 0 Å². The normalized spacial score (nSPS) is 10.4. The van der Waals surface area contributed by atoms with Crippen molar-refractivity contribution < 1.29 is 4.74 Å². The third-order valence-corrected chi connectivity index (χ3v) is 3.07. The lowest BCUT2D eigenvalue weighted by Crippen LogP contribution is -2.03. The van der Waals surface area contributed by atoms with Crippen LogP contribution in [0.1, 0.15) is 24.6 Å². The van der Waals surface area contributed by atoms with Gasteiger partial charge in [0.1, 0.15) is 0 Å². The zero-order valence-electron chi connectivity index (χ0n) is 12.4. The largest absolute Gasteiger partial charge is 0.478 e. The van der Waals surface area contributed by atoms with Gasteiger partial charge in [-0.25, -0.2) is 4.98 Å². The second-order valence-electron chi connectivity index (χ2n) is 4.78. The number of benzene rings is 1. The fourth-order valence-corrected chi connectivity index (χ4v) is 2.09. The molecule has 0 amide bonds. The SMILES string of the molecule is CCCOc1cc(C)nc(Nc2ccc(CCCl)cc2)n1. The Hall–Kier alpha value is -1.81. The number of halogens is 1. The van der Waals surface area contributed by atoms with Crippen molar-refractivity contribution >= 4 is 23.2 Å². The fraction of sp³-hybridized carbons (Fsp3) is 0.375. The van der Waals surface area contributed by atoms with E-state index in [0.29, 0.717) is 24.3 Å². The van der Waals surface area contributed by atoms with Crippen molar-refractivity contribution in [2.24, 2.45) is 0 Å². The summed E-state index contributed by atoms with van der Waals surface area (Å²) in [5.74, 6) is 1.78. The molecule has 2 rings (SSSR count). The van der Waals surface area contributed by atoms with Gasteiger partial charge in [-0.15, -0.1) is 11.6 Å². The molecular weight excluding hydrogens is 286 g/mol. The van der Waals surface area contributed by atoms with E-state index < -0.39 is 0 Å². The molecule has 1 N–H and O–H groups in total. The highest BCUT2D eigenvalue weighted by atomic mass is 35.5. The number of alkyl halides is 1. The molecular formula is C16H20ClN3O. The molecule has 5 heteroatoms. The molecule has 0 bridgehead atoms. The Morgan fingerprint density at radius 1 is 1.19 bits per heavy atom. The first-order valence-corrected chi connectivity index (χ1v) is 7.65. The molecule has 0 radical (unpaired) electrons. The Kier molecular flexibility index (Phi) is 5.81. The van der Waals surface area contributed by atoms with E-state index in [-0.39, 0.29) is 0 Å². The summed E-state index contributed by atoms with van der Waals surface area (Å²) in [5.41, 5.74) is 3.03. The van der Waals surface area contributed by atoms with Crippen LogP contribution < -0.4 is 10.1 Å². The predicted molar refractivity (Wildman–Crippen MR) is 86.7 cm³/mol. The van der Waals surface area contributed by atoms with Crippen LogP contribution in [0, 0.1) is 6.92 Å². The number of anilines is 2. The van der Waals surface area contributed by atoms with Gasteiger partial charge in [0, 0.05) is 23.3 Å². The Labute approximate surface area is 130 Å². The van der Waals surface area contributed by atoms with Crippen LogP contribution >= 0.6 is 11.6 Å². The number of hydrogen-bond donors (Lipinski definition) is 1. The van der Waals surface area contributed by atoms with Crippen LogP contribution in [0.3, 0.4) is 0 Å². The average Bonchev–Trinajstić information content (AvgIpc) is 2.47. The summed E-state index contributed by atoms with van der Waals surface area (Å²) in [6, 6.07) is 9.94. The zero-order chi connectivity index (χ0) is 15.1. The minimum absolute atomic E-state index is 0.547. The minimum atomic E-state index is 0.547. The quantitative estimate of drug-likeness (QED) is 0.782. The maximum absolute atomic E-state index is 5.73. The highest BCUT2D eigenvalue weighted by Gasteiger charge is 2.04. The number of nitrogens with one attached hydrogen (secondary N) is 1. The monoisotopic (exact) mass is 305 g/mol. The summed E-state index contributed by atoms with van der Waals surface area (Å²) in [5, 5.41) is 3.20.